The summed E-state index contributed by atoms with van der Waals surface area (Å²) in [6.45, 7) is 0. The molecule has 3 aromatic rings. The SMILES string of the molecule is COc1cc(C(=O)c2cnn(-c3cccc(Br)c3)c2)cc(OC)c1OC. The van der Waals surface area contributed by atoms with Crippen molar-refractivity contribution in [1.29, 1.82) is 0 Å². The monoisotopic (exact) mass is 416 g/mol. The third kappa shape index (κ3) is 3.43. The van der Waals surface area contributed by atoms with Gasteiger partial charge in [-0.05, 0) is 30.3 Å². The average Bonchev–Trinajstić information content (AvgIpc) is 3.16. The summed E-state index contributed by atoms with van der Waals surface area (Å²) in [5.41, 5.74) is 1.73. The molecule has 0 atom stereocenters. The Bertz CT molecular complexity index is 927. The van der Waals surface area contributed by atoms with Gasteiger partial charge in [-0.25, -0.2) is 4.68 Å². The Morgan fingerprint density at radius 1 is 1.00 bits per heavy atom. The van der Waals surface area contributed by atoms with Crippen LogP contribution in [0.2, 0.25) is 0 Å². The lowest BCUT2D eigenvalue weighted by atomic mass is 10.1. The summed E-state index contributed by atoms with van der Waals surface area (Å²) in [7, 11) is 4.54. The van der Waals surface area contributed by atoms with E-state index in [0.29, 0.717) is 28.4 Å². The fourth-order valence-corrected chi connectivity index (χ4v) is 2.97. The molecule has 134 valence electrons. The number of hydrogen-bond acceptors (Lipinski definition) is 5. The van der Waals surface area contributed by atoms with Crippen LogP contribution in [0.1, 0.15) is 15.9 Å². The molecule has 0 N–H and O–H groups in total. The highest BCUT2D eigenvalue weighted by Gasteiger charge is 2.19. The van der Waals surface area contributed by atoms with E-state index in [1.54, 1.807) is 23.0 Å². The van der Waals surface area contributed by atoms with E-state index in [2.05, 4.69) is 21.0 Å². The van der Waals surface area contributed by atoms with Crippen molar-refractivity contribution in [1.82, 2.24) is 9.78 Å². The van der Waals surface area contributed by atoms with Crippen LogP contribution in [0.25, 0.3) is 5.69 Å². The molecule has 7 heteroatoms. The number of ketones is 1. The first-order valence-corrected chi connectivity index (χ1v) is 8.52. The predicted octanol–water partition coefficient (Wildman–Crippen LogP) is 3.89. The lowest BCUT2D eigenvalue weighted by Crippen LogP contribution is -2.03. The Balaban J connectivity index is 1.98. The first-order valence-electron chi connectivity index (χ1n) is 7.72. The average molecular weight is 417 g/mol. The summed E-state index contributed by atoms with van der Waals surface area (Å²) in [4.78, 5) is 12.9. The van der Waals surface area contributed by atoms with Gasteiger partial charge in [0.25, 0.3) is 0 Å². The third-order valence-corrected chi connectivity index (χ3v) is 4.34. The maximum atomic E-state index is 12.9. The fraction of sp³-hybridized carbons (Fsp3) is 0.158. The summed E-state index contributed by atoms with van der Waals surface area (Å²) < 4.78 is 18.5. The zero-order chi connectivity index (χ0) is 18.7. The van der Waals surface area contributed by atoms with Crippen molar-refractivity contribution in [3.05, 3.63) is 64.4 Å². The molecule has 0 amide bonds. The third-order valence-electron chi connectivity index (χ3n) is 3.84. The van der Waals surface area contributed by atoms with Crippen molar-refractivity contribution >= 4 is 21.7 Å². The molecule has 0 fully saturated rings. The standard InChI is InChI=1S/C19H17BrN2O4/c1-24-16-7-12(8-17(25-2)19(16)26-3)18(23)13-10-21-22(11-13)15-6-4-5-14(20)9-15/h4-11H,1-3H3. The Morgan fingerprint density at radius 3 is 2.27 bits per heavy atom. The van der Waals surface area contributed by atoms with Crippen LogP contribution < -0.4 is 14.2 Å². The topological polar surface area (TPSA) is 62.6 Å². The number of carbonyl (C=O) groups is 1. The number of rotatable bonds is 6. The van der Waals surface area contributed by atoms with E-state index in [9.17, 15) is 4.79 Å². The predicted molar refractivity (Wildman–Crippen MR) is 101 cm³/mol. The normalized spacial score (nSPS) is 10.5. The molecular weight excluding hydrogens is 400 g/mol. The molecule has 0 bridgehead atoms. The summed E-state index contributed by atoms with van der Waals surface area (Å²) in [5.74, 6) is 1.10. The molecule has 26 heavy (non-hydrogen) atoms. The summed E-state index contributed by atoms with van der Waals surface area (Å²) in [5, 5.41) is 4.28. The van der Waals surface area contributed by atoms with Gasteiger partial charge in [-0.3, -0.25) is 4.79 Å². The Hall–Kier alpha value is -2.80. The molecule has 0 saturated carbocycles. The zero-order valence-corrected chi connectivity index (χ0v) is 16.1. The van der Waals surface area contributed by atoms with Gasteiger partial charge in [-0.1, -0.05) is 22.0 Å². The van der Waals surface area contributed by atoms with E-state index >= 15 is 0 Å². The zero-order valence-electron chi connectivity index (χ0n) is 14.5. The van der Waals surface area contributed by atoms with Crippen LogP contribution in [0.4, 0.5) is 0 Å². The second-order valence-corrected chi connectivity index (χ2v) is 6.31. The number of halogens is 1. The maximum Gasteiger partial charge on any atom is 0.203 e. The molecule has 1 aromatic heterocycles. The van der Waals surface area contributed by atoms with Crippen LogP contribution in [-0.4, -0.2) is 36.9 Å². The van der Waals surface area contributed by atoms with Gasteiger partial charge in [0.2, 0.25) is 5.75 Å². The lowest BCUT2D eigenvalue weighted by Gasteiger charge is -2.13. The molecule has 1 heterocycles. The van der Waals surface area contributed by atoms with Crippen molar-refractivity contribution in [3.63, 3.8) is 0 Å². The summed E-state index contributed by atoms with van der Waals surface area (Å²) in [6, 6.07) is 10.9. The van der Waals surface area contributed by atoms with Gasteiger partial charge in [-0.2, -0.15) is 5.10 Å². The van der Waals surface area contributed by atoms with Crippen molar-refractivity contribution in [3.8, 4) is 22.9 Å². The van der Waals surface area contributed by atoms with Gasteiger partial charge in [0.05, 0.1) is 38.8 Å². The second kappa shape index (κ2) is 7.61. The van der Waals surface area contributed by atoms with E-state index in [1.807, 2.05) is 24.3 Å². The highest BCUT2D eigenvalue weighted by molar-refractivity contribution is 9.10. The molecule has 0 aliphatic carbocycles. The minimum absolute atomic E-state index is 0.189. The van der Waals surface area contributed by atoms with E-state index in [4.69, 9.17) is 14.2 Å². The van der Waals surface area contributed by atoms with E-state index < -0.39 is 0 Å². The maximum absolute atomic E-state index is 12.9. The van der Waals surface area contributed by atoms with Crippen molar-refractivity contribution in [2.24, 2.45) is 0 Å². The lowest BCUT2D eigenvalue weighted by molar-refractivity contribution is 0.103. The molecule has 3 rings (SSSR count). The van der Waals surface area contributed by atoms with Crippen LogP contribution in [0, 0.1) is 0 Å². The van der Waals surface area contributed by atoms with Crippen LogP contribution in [-0.2, 0) is 0 Å². The van der Waals surface area contributed by atoms with E-state index in [-0.39, 0.29) is 5.78 Å². The van der Waals surface area contributed by atoms with Crippen LogP contribution >= 0.6 is 15.9 Å². The summed E-state index contributed by atoms with van der Waals surface area (Å²) >= 11 is 3.43. The molecule has 0 saturated heterocycles. The second-order valence-electron chi connectivity index (χ2n) is 5.40. The van der Waals surface area contributed by atoms with Crippen LogP contribution in [0.5, 0.6) is 17.2 Å². The molecule has 0 radical (unpaired) electrons. The first-order chi connectivity index (χ1) is 12.6. The number of hydrogen-bond donors (Lipinski definition) is 0. The number of carbonyl (C=O) groups excluding carboxylic acids is 1. The molecule has 0 spiro atoms. The van der Waals surface area contributed by atoms with Crippen molar-refractivity contribution < 1.29 is 19.0 Å². The van der Waals surface area contributed by atoms with Gasteiger partial charge in [-0.15, -0.1) is 0 Å². The minimum atomic E-state index is -0.189. The molecule has 0 aliphatic rings. The van der Waals surface area contributed by atoms with Gasteiger partial charge >= 0.3 is 0 Å². The number of ether oxygens (including phenoxy) is 3. The molecule has 0 aliphatic heterocycles. The smallest absolute Gasteiger partial charge is 0.203 e. The number of methoxy groups -OCH3 is 3. The van der Waals surface area contributed by atoms with Gasteiger partial charge in [0.15, 0.2) is 17.3 Å². The van der Waals surface area contributed by atoms with Gasteiger partial charge in [0.1, 0.15) is 0 Å². The first kappa shape index (κ1) is 18.0. The number of nitrogens with zero attached hydrogens (tertiary/aromatic N) is 2. The van der Waals surface area contributed by atoms with Crippen LogP contribution in [0.3, 0.4) is 0 Å². The van der Waals surface area contributed by atoms with E-state index in [1.165, 1.54) is 27.5 Å². The van der Waals surface area contributed by atoms with Gasteiger partial charge < -0.3 is 14.2 Å². The molecule has 6 nitrogen and oxygen atoms in total. The fourth-order valence-electron chi connectivity index (χ4n) is 2.58. The molecule has 0 unspecified atom stereocenters. The highest BCUT2D eigenvalue weighted by Crippen LogP contribution is 2.38. The molecular formula is C19H17BrN2O4. The van der Waals surface area contributed by atoms with Gasteiger partial charge in [0, 0.05) is 16.2 Å². The Morgan fingerprint density at radius 2 is 1.69 bits per heavy atom. The van der Waals surface area contributed by atoms with Crippen molar-refractivity contribution in [2.75, 3.05) is 21.3 Å². The van der Waals surface area contributed by atoms with Crippen molar-refractivity contribution in [2.45, 2.75) is 0 Å². The Labute approximate surface area is 159 Å². The van der Waals surface area contributed by atoms with E-state index in [0.717, 1.165) is 10.2 Å². The number of aromatic nitrogens is 2. The highest BCUT2D eigenvalue weighted by atomic mass is 79.9. The number of benzene rings is 2. The minimum Gasteiger partial charge on any atom is -0.493 e. The summed E-state index contributed by atoms with van der Waals surface area (Å²) in [6.07, 6.45) is 3.22. The quantitative estimate of drug-likeness (QED) is 0.570. The largest absolute Gasteiger partial charge is 0.493 e. The molecule has 2 aromatic carbocycles. The van der Waals surface area contributed by atoms with Crippen LogP contribution in [0.15, 0.2) is 53.3 Å². The Kier molecular flexibility index (Phi) is 5.27.